The first-order valence-electron chi connectivity index (χ1n) is 5.48. The summed E-state index contributed by atoms with van der Waals surface area (Å²) < 4.78 is 15.2. The maximum atomic E-state index is 11.4. The molecule has 0 bridgehead atoms. The molecule has 0 heterocycles. The summed E-state index contributed by atoms with van der Waals surface area (Å²) in [5, 5.41) is 6.57. The summed E-state index contributed by atoms with van der Waals surface area (Å²) in [4.78, 5) is 43.0. The molecule has 0 aromatic rings. The highest BCUT2D eigenvalue weighted by molar-refractivity contribution is 7.32. The van der Waals surface area contributed by atoms with Gasteiger partial charge in [0.2, 0.25) is 23.5 Å². The monoisotopic (exact) mass is 317 g/mol. The van der Waals surface area contributed by atoms with Crippen LogP contribution in [0.3, 0.4) is 0 Å². The van der Waals surface area contributed by atoms with E-state index in [4.69, 9.17) is 4.89 Å². The number of hydrogen-bond acceptors (Lipinski definition) is 5. The van der Waals surface area contributed by atoms with Crippen LogP contribution in [0.25, 0.3) is 0 Å². The van der Waals surface area contributed by atoms with Crippen LogP contribution in [0.1, 0.15) is 0 Å². The summed E-state index contributed by atoms with van der Waals surface area (Å²) in [6, 6.07) is 0. The summed E-state index contributed by atoms with van der Waals surface area (Å²) in [5.41, 5.74) is 0. The zero-order valence-electron chi connectivity index (χ0n) is 11.0. The third-order valence-corrected chi connectivity index (χ3v) is 2.37. The summed E-state index contributed by atoms with van der Waals surface area (Å²) >= 11 is 0. The maximum absolute atomic E-state index is 11.4. The topological polar surface area (TPSA) is 134 Å². The lowest BCUT2D eigenvalue weighted by molar-refractivity contribution is -0.127. The van der Waals surface area contributed by atoms with Gasteiger partial charge in [0.25, 0.3) is 0 Å². The number of amides is 3. The number of nitrogens with one attached hydrogen (secondary N) is 3. The van der Waals surface area contributed by atoms with Crippen LogP contribution in [-0.2, 0) is 23.5 Å². The van der Waals surface area contributed by atoms with E-state index < -0.39 is 38.4 Å². The summed E-state index contributed by atoms with van der Waals surface area (Å²) in [6.07, 6.45) is 2.62. The lowest BCUT2D eigenvalue weighted by Crippen LogP contribution is -2.72. The first-order valence-corrected chi connectivity index (χ1v) is 6.74. The zero-order chi connectivity index (χ0) is 16.5. The van der Waals surface area contributed by atoms with E-state index in [1.54, 1.807) is 0 Å². The Kier molecular flexibility index (Phi) is 7.92. The minimum absolute atomic E-state index is 0.708. The van der Waals surface area contributed by atoms with Gasteiger partial charge in [-0.15, -0.1) is 0 Å². The molecule has 0 aliphatic heterocycles. The zero-order valence-corrected chi connectivity index (χ0v) is 12.0. The van der Waals surface area contributed by atoms with Crippen molar-refractivity contribution in [2.75, 3.05) is 6.61 Å². The summed E-state index contributed by atoms with van der Waals surface area (Å²) in [7, 11) is -3.37. The Labute approximate surface area is 121 Å². The molecule has 4 N–H and O–H groups in total. The van der Waals surface area contributed by atoms with Crippen molar-refractivity contribution in [1.29, 1.82) is 0 Å². The van der Waals surface area contributed by atoms with Gasteiger partial charge >= 0.3 is 8.25 Å². The smallest absolute Gasteiger partial charge is 0.316 e. The predicted molar refractivity (Wildman–Crippen MR) is 74.9 cm³/mol. The Morgan fingerprint density at radius 2 is 1.33 bits per heavy atom. The van der Waals surface area contributed by atoms with Crippen molar-refractivity contribution in [3.05, 3.63) is 38.0 Å². The van der Waals surface area contributed by atoms with Gasteiger partial charge in [0.15, 0.2) is 0 Å². The lowest BCUT2D eigenvalue weighted by atomic mass is 10.3. The molecule has 0 radical (unpaired) electrons. The van der Waals surface area contributed by atoms with Crippen molar-refractivity contribution in [1.82, 2.24) is 16.0 Å². The van der Waals surface area contributed by atoms with Gasteiger partial charge in [-0.2, -0.15) is 0 Å². The second kappa shape index (κ2) is 8.85. The second-order valence-corrected chi connectivity index (χ2v) is 4.36. The van der Waals surface area contributed by atoms with Gasteiger partial charge in [-0.25, -0.2) is 0 Å². The van der Waals surface area contributed by atoms with E-state index in [1.165, 1.54) is 0 Å². The van der Waals surface area contributed by atoms with Crippen LogP contribution in [0, 0.1) is 0 Å². The minimum Gasteiger partial charge on any atom is -0.326 e. The lowest BCUT2D eigenvalue weighted by Gasteiger charge is -2.34. The van der Waals surface area contributed by atoms with Crippen molar-refractivity contribution in [3.8, 4) is 0 Å². The first-order chi connectivity index (χ1) is 9.78. The maximum Gasteiger partial charge on any atom is 0.316 e. The summed E-state index contributed by atoms with van der Waals surface area (Å²) in [5.74, 6) is -4.29. The van der Waals surface area contributed by atoms with Crippen molar-refractivity contribution >= 4 is 26.0 Å². The minimum atomic E-state index is -3.37. The normalized spacial score (nSPS) is 11.7. The number of rotatable bonds is 9. The molecule has 21 heavy (non-hydrogen) atoms. The average molecular weight is 317 g/mol. The van der Waals surface area contributed by atoms with Crippen LogP contribution in [0.5, 0.6) is 0 Å². The highest BCUT2D eigenvalue weighted by Crippen LogP contribution is 2.16. The Morgan fingerprint density at radius 3 is 1.57 bits per heavy atom. The van der Waals surface area contributed by atoms with Crippen LogP contribution in [0.4, 0.5) is 0 Å². The van der Waals surface area contributed by atoms with Crippen molar-refractivity contribution in [2.24, 2.45) is 0 Å². The van der Waals surface area contributed by atoms with Gasteiger partial charge in [-0.05, 0) is 18.2 Å². The third-order valence-electron chi connectivity index (χ3n) is 1.98. The summed E-state index contributed by atoms with van der Waals surface area (Å²) in [6.45, 7) is 8.94. The van der Waals surface area contributed by atoms with Crippen LogP contribution >= 0.6 is 8.25 Å². The Morgan fingerprint density at radius 1 is 1.00 bits per heavy atom. The van der Waals surface area contributed by atoms with E-state index in [-0.39, 0.29) is 0 Å². The van der Waals surface area contributed by atoms with Gasteiger partial charge in [-0.3, -0.25) is 18.9 Å². The molecule has 0 spiro atoms. The van der Waals surface area contributed by atoms with Gasteiger partial charge in [0.05, 0.1) is 0 Å². The Balaban J connectivity index is 5.46. The van der Waals surface area contributed by atoms with Gasteiger partial charge in [0.1, 0.15) is 6.61 Å². The average Bonchev–Trinajstić information content (AvgIpc) is 2.44. The molecular weight excluding hydrogens is 301 g/mol. The molecule has 3 amide bonds. The second-order valence-electron chi connectivity index (χ2n) is 3.54. The fourth-order valence-electron chi connectivity index (χ4n) is 1.16. The van der Waals surface area contributed by atoms with Crippen molar-refractivity contribution in [2.45, 2.75) is 5.79 Å². The Hall–Kier alpha value is -2.22. The highest BCUT2D eigenvalue weighted by Gasteiger charge is 2.35. The molecule has 1 atom stereocenters. The molecule has 0 saturated carbocycles. The number of carbonyl (C=O) groups is 3. The van der Waals surface area contributed by atoms with E-state index in [2.05, 4.69) is 40.2 Å². The molecule has 0 aromatic carbocycles. The Bertz CT molecular complexity index is 435. The standard InChI is InChI=1S/C11H16N3O6P/c1-4-8(15)12-11(7-20-21(18)19,13-9(16)5-2)14-10(17)6-3/h4-6,21H,1-3,7H2,(H,12,15)(H,13,16)(H,14,17)(H,18,19). The largest absolute Gasteiger partial charge is 0.326 e. The molecule has 0 fully saturated rings. The van der Waals surface area contributed by atoms with Crippen LogP contribution < -0.4 is 16.0 Å². The van der Waals surface area contributed by atoms with Crippen LogP contribution in [0.15, 0.2) is 38.0 Å². The van der Waals surface area contributed by atoms with Gasteiger partial charge < -0.3 is 25.4 Å². The highest BCUT2D eigenvalue weighted by atomic mass is 31.1. The molecule has 9 nitrogen and oxygen atoms in total. The molecule has 10 heteroatoms. The van der Waals surface area contributed by atoms with Crippen molar-refractivity contribution < 1.29 is 28.4 Å². The van der Waals surface area contributed by atoms with Crippen LogP contribution in [0.2, 0.25) is 0 Å². The quantitative estimate of drug-likeness (QED) is 0.243. The first kappa shape index (κ1) is 18.8. The third kappa shape index (κ3) is 7.21. The molecule has 0 aromatic heterocycles. The molecule has 0 rings (SSSR count). The van der Waals surface area contributed by atoms with Gasteiger partial charge in [0, 0.05) is 0 Å². The molecule has 0 aliphatic rings. The number of carbonyl (C=O) groups excluding carboxylic acids is 3. The molecule has 116 valence electrons. The van der Waals surface area contributed by atoms with Crippen LogP contribution in [-0.4, -0.2) is 35.0 Å². The molecule has 0 saturated heterocycles. The van der Waals surface area contributed by atoms with Gasteiger partial charge in [-0.1, -0.05) is 19.7 Å². The van der Waals surface area contributed by atoms with E-state index in [0.29, 0.717) is 0 Å². The molecular formula is C11H16N3O6P. The fourth-order valence-corrected chi connectivity index (χ4v) is 1.50. The SMILES string of the molecule is C=CC(=O)NC(CO[PH](=O)O)(NC(=O)C=C)NC(=O)C=C. The molecule has 0 aliphatic carbocycles. The fraction of sp³-hybridized carbons (Fsp3) is 0.182. The van der Waals surface area contributed by atoms with E-state index in [1.807, 2.05) is 0 Å². The number of hydrogen-bond donors (Lipinski definition) is 4. The van der Waals surface area contributed by atoms with E-state index in [0.717, 1.165) is 18.2 Å². The molecule has 1 unspecified atom stereocenters. The van der Waals surface area contributed by atoms with E-state index >= 15 is 0 Å². The van der Waals surface area contributed by atoms with E-state index in [9.17, 15) is 18.9 Å². The van der Waals surface area contributed by atoms with Crippen molar-refractivity contribution in [3.63, 3.8) is 0 Å². The predicted octanol–water partition coefficient (Wildman–Crippen LogP) is -1.05.